The van der Waals surface area contributed by atoms with E-state index in [0.29, 0.717) is 0 Å². The van der Waals surface area contributed by atoms with Crippen LogP contribution in [0.3, 0.4) is 0 Å². The summed E-state index contributed by atoms with van der Waals surface area (Å²) in [7, 11) is 0. The highest BCUT2D eigenvalue weighted by atomic mass is 79.9. The van der Waals surface area contributed by atoms with Crippen molar-refractivity contribution in [3.8, 4) is 0 Å². The van der Waals surface area contributed by atoms with E-state index in [1.54, 1.807) is 22.7 Å². The second-order valence-electron chi connectivity index (χ2n) is 4.19. The molecule has 2 N–H and O–H groups in total. The Hall–Kier alpha value is -0.680. The van der Waals surface area contributed by atoms with Crippen molar-refractivity contribution in [2.75, 3.05) is 0 Å². The van der Waals surface area contributed by atoms with Gasteiger partial charge in [-0.25, -0.2) is 0 Å². The zero-order valence-corrected chi connectivity index (χ0v) is 12.8. The van der Waals surface area contributed by atoms with Crippen LogP contribution in [0.15, 0.2) is 46.3 Å². The van der Waals surface area contributed by atoms with Crippen LogP contribution in [0.1, 0.15) is 15.8 Å². The summed E-state index contributed by atoms with van der Waals surface area (Å²) in [6.45, 7) is 0. The summed E-state index contributed by atoms with van der Waals surface area (Å²) in [4.78, 5) is 2.58. The van der Waals surface area contributed by atoms with Crippen molar-refractivity contribution in [3.05, 3.63) is 56.0 Å². The van der Waals surface area contributed by atoms with Gasteiger partial charge < -0.3 is 5.73 Å². The highest BCUT2D eigenvalue weighted by Crippen LogP contribution is 2.32. The number of nitrogens with two attached hydrogens (primary N) is 1. The highest BCUT2D eigenvalue weighted by molar-refractivity contribution is 9.10. The smallest absolute Gasteiger partial charge is 0.0439 e. The van der Waals surface area contributed by atoms with E-state index < -0.39 is 0 Å². The lowest BCUT2D eigenvalue weighted by atomic mass is 10.1. The van der Waals surface area contributed by atoms with Crippen LogP contribution >= 0.6 is 38.6 Å². The van der Waals surface area contributed by atoms with E-state index in [2.05, 4.69) is 57.7 Å². The Kier molecular flexibility index (Phi) is 3.52. The van der Waals surface area contributed by atoms with Gasteiger partial charge in [0.1, 0.15) is 0 Å². The molecule has 0 bridgehead atoms. The SMILES string of the molecule is NC(Cc1sccc1Br)c1cc2ccccc2s1. The lowest BCUT2D eigenvalue weighted by molar-refractivity contribution is 0.744. The number of rotatable bonds is 3. The van der Waals surface area contributed by atoms with Crippen molar-refractivity contribution in [1.29, 1.82) is 0 Å². The molecule has 0 saturated carbocycles. The summed E-state index contributed by atoms with van der Waals surface area (Å²) in [5, 5.41) is 3.38. The quantitative estimate of drug-likeness (QED) is 0.717. The molecule has 0 aliphatic carbocycles. The fraction of sp³-hybridized carbons (Fsp3) is 0.143. The number of halogens is 1. The molecule has 3 rings (SSSR count). The van der Waals surface area contributed by atoms with Gasteiger partial charge in [-0.15, -0.1) is 22.7 Å². The fourth-order valence-electron chi connectivity index (χ4n) is 1.96. The molecule has 2 heterocycles. The van der Waals surface area contributed by atoms with E-state index in [-0.39, 0.29) is 6.04 Å². The van der Waals surface area contributed by atoms with Gasteiger partial charge in [-0.1, -0.05) is 18.2 Å². The molecule has 0 aliphatic rings. The molecule has 0 aliphatic heterocycles. The molecular weight excluding hydrogens is 326 g/mol. The zero-order chi connectivity index (χ0) is 12.5. The normalized spacial score (nSPS) is 13.0. The van der Waals surface area contributed by atoms with Crippen molar-refractivity contribution in [1.82, 2.24) is 0 Å². The summed E-state index contributed by atoms with van der Waals surface area (Å²) in [5.41, 5.74) is 6.32. The Morgan fingerprint density at radius 2 is 2.06 bits per heavy atom. The average molecular weight is 338 g/mol. The molecule has 92 valence electrons. The Morgan fingerprint density at radius 3 is 2.78 bits per heavy atom. The number of thiophene rings is 2. The van der Waals surface area contributed by atoms with E-state index in [9.17, 15) is 0 Å². The topological polar surface area (TPSA) is 26.0 Å². The van der Waals surface area contributed by atoms with E-state index in [0.717, 1.165) is 6.42 Å². The Balaban J connectivity index is 1.88. The predicted octanol–water partition coefficient (Wildman–Crippen LogP) is 4.97. The molecule has 0 amide bonds. The lowest BCUT2D eigenvalue weighted by Crippen LogP contribution is -2.11. The van der Waals surface area contributed by atoms with E-state index >= 15 is 0 Å². The summed E-state index contributed by atoms with van der Waals surface area (Å²) in [6.07, 6.45) is 0.894. The first-order valence-electron chi connectivity index (χ1n) is 5.70. The lowest BCUT2D eigenvalue weighted by Gasteiger charge is -2.07. The number of fused-ring (bicyclic) bond motifs is 1. The molecule has 3 aromatic rings. The Morgan fingerprint density at radius 1 is 1.22 bits per heavy atom. The fourth-order valence-corrected chi connectivity index (χ4v) is 4.60. The third kappa shape index (κ3) is 2.38. The first-order chi connectivity index (χ1) is 8.74. The van der Waals surface area contributed by atoms with E-state index in [1.165, 1.54) is 24.3 Å². The minimum absolute atomic E-state index is 0.0809. The van der Waals surface area contributed by atoms with Gasteiger partial charge in [-0.3, -0.25) is 0 Å². The molecule has 18 heavy (non-hydrogen) atoms. The Labute approximate surface area is 122 Å². The first-order valence-corrected chi connectivity index (χ1v) is 8.19. The maximum Gasteiger partial charge on any atom is 0.0439 e. The molecule has 1 unspecified atom stereocenters. The van der Waals surface area contributed by atoms with Crippen LogP contribution in [-0.2, 0) is 6.42 Å². The van der Waals surface area contributed by atoms with Crippen molar-refractivity contribution < 1.29 is 0 Å². The summed E-state index contributed by atoms with van der Waals surface area (Å²) in [5.74, 6) is 0. The molecule has 0 saturated heterocycles. The van der Waals surface area contributed by atoms with Crippen LogP contribution in [0.4, 0.5) is 0 Å². The second kappa shape index (κ2) is 5.13. The van der Waals surface area contributed by atoms with Crippen molar-refractivity contribution in [3.63, 3.8) is 0 Å². The number of hydrogen-bond acceptors (Lipinski definition) is 3. The van der Waals surface area contributed by atoms with Crippen LogP contribution < -0.4 is 5.73 Å². The largest absolute Gasteiger partial charge is 0.323 e. The average Bonchev–Trinajstić information content (AvgIpc) is 2.96. The second-order valence-corrected chi connectivity index (χ2v) is 7.16. The van der Waals surface area contributed by atoms with Gasteiger partial charge in [-0.05, 0) is 44.9 Å². The molecule has 1 aromatic carbocycles. The maximum absolute atomic E-state index is 6.32. The molecule has 0 radical (unpaired) electrons. The minimum atomic E-state index is 0.0809. The van der Waals surface area contributed by atoms with Crippen molar-refractivity contribution in [2.45, 2.75) is 12.5 Å². The van der Waals surface area contributed by atoms with Gasteiger partial charge in [0.25, 0.3) is 0 Å². The Bertz CT molecular complexity index is 638. The maximum atomic E-state index is 6.32. The van der Waals surface area contributed by atoms with E-state index in [4.69, 9.17) is 5.73 Å². The van der Waals surface area contributed by atoms with Crippen LogP contribution in [0.5, 0.6) is 0 Å². The van der Waals surface area contributed by atoms with Crippen LogP contribution in [0.25, 0.3) is 10.1 Å². The molecular formula is C14H12BrNS2. The predicted molar refractivity (Wildman–Crippen MR) is 84.5 cm³/mol. The molecule has 1 atom stereocenters. The molecule has 0 fully saturated rings. The highest BCUT2D eigenvalue weighted by Gasteiger charge is 2.13. The zero-order valence-electron chi connectivity index (χ0n) is 9.60. The third-order valence-electron chi connectivity index (χ3n) is 2.91. The molecule has 1 nitrogen and oxygen atoms in total. The number of benzene rings is 1. The van der Waals surface area contributed by atoms with Crippen molar-refractivity contribution >= 4 is 48.7 Å². The van der Waals surface area contributed by atoms with Gasteiger partial charge in [0.05, 0.1) is 0 Å². The summed E-state index contributed by atoms with van der Waals surface area (Å²) < 4.78 is 2.48. The molecule has 2 aromatic heterocycles. The van der Waals surface area contributed by atoms with E-state index in [1.807, 2.05) is 0 Å². The van der Waals surface area contributed by atoms with Gasteiger partial charge in [0, 0.05) is 31.4 Å². The third-order valence-corrected chi connectivity index (χ3v) is 6.10. The van der Waals surface area contributed by atoms with Gasteiger partial charge in [-0.2, -0.15) is 0 Å². The van der Waals surface area contributed by atoms with Crippen LogP contribution in [-0.4, -0.2) is 0 Å². The first kappa shape index (κ1) is 12.4. The minimum Gasteiger partial charge on any atom is -0.323 e. The van der Waals surface area contributed by atoms with Gasteiger partial charge in [0.2, 0.25) is 0 Å². The summed E-state index contributed by atoms with van der Waals surface area (Å²) >= 11 is 7.11. The van der Waals surface area contributed by atoms with Gasteiger partial charge in [0.15, 0.2) is 0 Å². The molecule has 4 heteroatoms. The van der Waals surface area contributed by atoms with Crippen LogP contribution in [0.2, 0.25) is 0 Å². The number of hydrogen-bond donors (Lipinski definition) is 1. The summed E-state index contributed by atoms with van der Waals surface area (Å²) in [6, 6.07) is 12.8. The van der Waals surface area contributed by atoms with Crippen LogP contribution in [0, 0.1) is 0 Å². The standard InChI is InChI=1S/C14H12BrNS2/c15-10-5-6-17-13(10)8-11(16)14-7-9-3-1-2-4-12(9)18-14/h1-7,11H,8,16H2. The van der Waals surface area contributed by atoms with Gasteiger partial charge >= 0.3 is 0 Å². The molecule has 0 spiro atoms. The van der Waals surface area contributed by atoms with Crippen molar-refractivity contribution in [2.24, 2.45) is 5.73 Å². The monoisotopic (exact) mass is 337 g/mol.